The zero-order valence-electron chi connectivity index (χ0n) is 15.5. The first-order valence-corrected chi connectivity index (χ1v) is 11.0. The van der Waals surface area contributed by atoms with Gasteiger partial charge in [0, 0.05) is 11.3 Å². The van der Waals surface area contributed by atoms with Crippen LogP contribution in [0, 0.1) is 6.92 Å². The van der Waals surface area contributed by atoms with Crippen LogP contribution in [0.5, 0.6) is 0 Å². The number of amides is 1. The number of aryl methyl sites for hydroxylation is 1. The summed E-state index contributed by atoms with van der Waals surface area (Å²) in [6.07, 6.45) is -1.05. The van der Waals surface area contributed by atoms with Gasteiger partial charge in [-0.3, -0.25) is 9.59 Å². The first-order chi connectivity index (χ1) is 13.7. The molecule has 0 radical (unpaired) electrons. The zero-order chi connectivity index (χ0) is 21.0. The molecule has 29 heavy (non-hydrogen) atoms. The van der Waals surface area contributed by atoms with Crippen LogP contribution < -0.4 is 15.8 Å². The van der Waals surface area contributed by atoms with E-state index in [1.165, 1.54) is 35.6 Å². The number of rotatable bonds is 7. The second kappa shape index (κ2) is 8.56. The van der Waals surface area contributed by atoms with Gasteiger partial charge in [0.25, 0.3) is 5.91 Å². The Hall–Kier alpha value is -3.01. The maximum atomic E-state index is 13.0. The number of hydrogen-bond donors (Lipinski definition) is 3. The Balaban J connectivity index is 1.86. The number of nitrogens with one attached hydrogen (secondary N) is 2. The number of anilines is 1. The SMILES string of the molecule is Cc1ccc(C(=O)[C@@H](NC(=O)c2cccs2)Nc2ccc(S(N)(=O)=O)cc2)cc1. The molecule has 3 aromatic rings. The molecule has 0 aliphatic rings. The highest BCUT2D eigenvalue weighted by Crippen LogP contribution is 2.16. The van der Waals surface area contributed by atoms with Crippen LogP contribution in [0.2, 0.25) is 0 Å². The van der Waals surface area contributed by atoms with Crippen LogP contribution in [0.4, 0.5) is 5.69 Å². The number of carbonyl (C=O) groups excluding carboxylic acids is 2. The van der Waals surface area contributed by atoms with E-state index in [0.717, 1.165) is 5.56 Å². The van der Waals surface area contributed by atoms with Gasteiger partial charge in [-0.25, -0.2) is 13.6 Å². The Bertz CT molecular complexity index is 1110. The molecule has 9 heteroatoms. The van der Waals surface area contributed by atoms with Crippen molar-refractivity contribution in [2.24, 2.45) is 5.14 Å². The molecule has 4 N–H and O–H groups in total. The molecule has 0 unspecified atom stereocenters. The van der Waals surface area contributed by atoms with E-state index >= 15 is 0 Å². The number of benzene rings is 2. The van der Waals surface area contributed by atoms with Crippen molar-refractivity contribution in [2.45, 2.75) is 18.0 Å². The maximum Gasteiger partial charge on any atom is 0.263 e. The lowest BCUT2D eigenvalue weighted by Crippen LogP contribution is -2.46. The molecule has 0 spiro atoms. The minimum Gasteiger partial charge on any atom is -0.359 e. The van der Waals surface area contributed by atoms with E-state index in [0.29, 0.717) is 16.1 Å². The highest BCUT2D eigenvalue weighted by Gasteiger charge is 2.23. The molecule has 0 saturated carbocycles. The predicted molar refractivity (Wildman–Crippen MR) is 113 cm³/mol. The summed E-state index contributed by atoms with van der Waals surface area (Å²) in [5.74, 6) is -0.718. The Morgan fingerprint density at radius 1 is 1.00 bits per heavy atom. The van der Waals surface area contributed by atoms with Gasteiger partial charge in [-0.05, 0) is 42.6 Å². The van der Waals surface area contributed by atoms with E-state index in [-0.39, 0.29) is 16.6 Å². The molecular formula is C20H19N3O4S2. The van der Waals surface area contributed by atoms with Crippen molar-refractivity contribution in [3.8, 4) is 0 Å². The van der Waals surface area contributed by atoms with Gasteiger partial charge in [-0.15, -0.1) is 11.3 Å². The summed E-state index contributed by atoms with van der Waals surface area (Å²) < 4.78 is 22.8. The Morgan fingerprint density at radius 2 is 1.66 bits per heavy atom. The van der Waals surface area contributed by atoms with Crippen molar-refractivity contribution in [3.05, 3.63) is 82.0 Å². The van der Waals surface area contributed by atoms with Gasteiger partial charge >= 0.3 is 0 Å². The fraction of sp³-hybridized carbons (Fsp3) is 0.100. The highest BCUT2D eigenvalue weighted by molar-refractivity contribution is 7.89. The summed E-state index contributed by atoms with van der Waals surface area (Å²) in [5, 5.41) is 12.5. The number of carbonyl (C=O) groups is 2. The molecule has 0 bridgehead atoms. The zero-order valence-corrected chi connectivity index (χ0v) is 17.1. The van der Waals surface area contributed by atoms with E-state index in [2.05, 4.69) is 10.6 Å². The summed E-state index contributed by atoms with van der Waals surface area (Å²) in [6, 6.07) is 16.0. The average molecular weight is 430 g/mol. The third-order valence-corrected chi connectivity index (χ3v) is 5.91. The van der Waals surface area contributed by atoms with Crippen LogP contribution in [-0.2, 0) is 10.0 Å². The molecular weight excluding hydrogens is 410 g/mol. The first-order valence-electron chi connectivity index (χ1n) is 8.59. The third-order valence-electron chi connectivity index (χ3n) is 4.11. The van der Waals surface area contributed by atoms with Crippen molar-refractivity contribution >= 4 is 38.7 Å². The molecule has 3 rings (SSSR count). The smallest absolute Gasteiger partial charge is 0.263 e. The number of hydrogen-bond acceptors (Lipinski definition) is 6. The molecule has 0 aliphatic carbocycles. The predicted octanol–water partition coefficient (Wildman–Crippen LogP) is 2.75. The first kappa shape index (κ1) is 20.7. The van der Waals surface area contributed by atoms with Crippen LogP contribution >= 0.6 is 11.3 Å². The molecule has 0 saturated heterocycles. The molecule has 1 atom stereocenters. The molecule has 150 valence electrons. The van der Waals surface area contributed by atoms with Crippen LogP contribution in [0.3, 0.4) is 0 Å². The fourth-order valence-corrected chi connectivity index (χ4v) is 3.71. The second-order valence-corrected chi connectivity index (χ2v) is 8.84. The third kappa shape index (κ3) is 5.29. The van der Waals surface area contributed by atoms with Gasteiger partial charge in [0.1, 0.15) is 0 Å². The van der Waals surface area contributed by atoms with Gasteiger partial charge in [0.05, 0.1) is 9.77 Å². The molecule has 1 amide bonds. The number of thiophene rings is 1. The summed E-state index contributed by atoms with van der Waals surface area (Å²) in [6.45, 7) is 1.91. The monoisotopic (exact) mass is 429 g/mol. The average Bonchev–Trinajstić information content (AvgIpc) is 3.22. The molecule has 1 aromatic heterocycles. The lowest BCUT2D eigenvalue weighted by molar-refractivity contribution is 0.0872. The summed E-state index contributed by atoms with van der Waals surface area (Å²) in [7, 11) is -3.82. The molecule has 0 aliphatic heterocycles. The van der Waals surface area contributed by atoms with E-state index in [1.807, 2.05) is 19.1 Å². The Morgan fingerprint density at radius 3 is 2.21 bits per heavy atom. The van der Waals surface area contributed by atoms with E-state index in [9.17, 15) is 18.0 Å². The molecule has 0 fully saturated rings. The second-order valence-electron chi connectivity index (χ2n) is 6.33. The van der Waals surface area contributed by atoms with Crippen molar-refractivity contribution in [1.29, 1.82) is 0 Å². The van der Waals surface area contributed by atoms with Crippen molar-refractivity contribution < 1.29 is 18.0 Å². The lowest BCUT2D eigenvalue weighted by atomic mass is 10.1. The molecule has 2 aromatic carbocycles. The van der Waals surface area contributed by atoms with Crippen molar-refractivity contribution in [2.75, 3.05) is 5.32 Å². The fourth-order valence-electron chi connectivity index (χ4n) is 2.57. The van der Waals surface area contributed by atoms with Gasteiger partial charge < -0.3 is 10.6 Å². The van der Waals surface area contributed by atoms with Gasteiger partial charge in [-0.1, -0.05) is 35.9 Å². The Kier molecular flexibility index (Phi) is 6.12. The van der Waals surface area contributed by atoms with Crippen LogP contribution in [-0.4, -0.2) is 26.3 Å². The number of primary sulfonamides is 1. The van der Waals surface area contributed by atoms with Gasteiger partial charge in [0.15, 0.2) is 6.17 Å². The molecule has 1 heterocycles. The van der Waals surface area contributed by atoms with E-state index in [4.69, 9.17) is 5.14 Å². The minimum absolute atomic E-state index is 0.0490. The standard InChI is InChI=1S/C20H19N3O4S2/c1-13-4-6-14(7-5-13)18(24)19(23-20(25)17-3-2-12-28-17)22-15-8-10-16(11-9-15)29(21,26)27/h2-12,19,22H,1H3,(H,23,25)(H2,21,26,27)/t19-/m1/s1. The number of Topliss-reactive ketones (excluding diaryl/α,β-unsaturated/α-hetero) is 1. The summed E-state index contributed by atoms with van der Waals surface area (Å²) in [4.78, 5) is 25.9. The van der Waals surface area contributed by atoms with Crippen molar-refractivity contribution in [3.63, 3.8) is 0 Å². The lowest BCUT2D eigenvalue weighted by Gasteiger charge is -2.20. The van der Waals surface area contributed by atoms with Crippen LogP contribution in [0.15, 0.2) is 70.9 Å². The van der Waals surface area contributed by atoms with Crippen LogP contribution in [0.1, 0.15) is 25.6 Å². The minimum atomic E-state index is -3.82. The van der Waals surface area contributed by atoms with Gasteiger partial charge in [0.2, 0.25) is 15.8 Å². The molecule has 7 nitrogen and oxygen atoms in total. The van der Waals surface area contributed by atoms with Crippen molar-refractivity contribution in [1.82, 2.24) is 5.32 Å². The van der Waals surface area contributed by atoms with E-state index in [1.54, 1.807) is 29.6 Å². The van der Waals surface area contributed by atoms with E-state index < -0.39 is 16.2 Å². The number of nitrogens with two attached hydrogens (primary N) is 1. The van der Waals surface area contributed by atoms with Crippen LogP contribution in [0.25, 0.3) is 0 Å². The number of ketones is 1. The maximum absolute atomic E-state index is 13.0. The Labute approximate surface area is 172 Å². The highest BCUT2D eigenvalue weighted by atomic mass is 32.2. The topological polar surface area (TPSA) is 118 Å². The summed E-state index contributed by atoms with van der Waals surface area (Å²) in [5.41, 5.74) is 1.89. The van der Waals surface area contributed by atoms with Gasteiger partial charge in [-0.2, -0.15) is 0 Å². The summed E-state index contributed by atoms with van der Waals surface area (Å²) >= 11 is 1.26. The normalized spacial score (nSPS) is 12.2. The number of sulfonamides is 1. The largest absolute Gasteiger partial charge is 0.359 e. The quantitative estimate of drug-likeness (QED) is 0.394.